The topological polar surface area (TPSA) is 46.3 Å². The van der Waals surface area contributed by atoms with Crippen molar-refractivity contribution < 1.29 is 13.2 Å². The number of nitrogens with zero attached hydrogens (tertiary/aromatic N) is 5. The molecular formula is C15H11ClF3N5. The van der Waals surface area contributed by atoms with Crippen LogP contribution in [0.1, 0.15) is 12.8 Å². The summed E-state index contributed by atoms with van der Waals surface area (Å²) in [7, 11) is 0. The molecule has 0 radical (unpaired) electrons. The predicted octanol–water partition coefficient (Wildman–Crippen LogP) is 3.46. The number of hydrogen-bond acceptors (Lipinski definition) is 4. The molecule has 0 atom stereocenters. The molecular weight excluding hydrogens is 343 g/mol. The van der Waals surface area contributed by atoms with Gasteiger partial charge in [-0.15, -0.1) is 0 Å². The van der Waals surface area contributed by atoms with E-state index < -0.39 is 23.0 Å². The third-order valence-corrected chi connectivity index (χ3v) is 4.29. The van der Waals surface area contributed by atoms with Crippen molar-refractivity contribution >= 4 is 23.2 Å². The van der Waals surface area contributed by atoms with E-state index in [1.807, 2.05) is 4.90 Å². The number of halogens is 4. The van der Waals surface area contributed by atoms with Crippen LogP contribution in [0.15, 0.2) is 18.5 Å². The highest BCUT2D eigenvalue weighted by Gasteiger charge is 2.28. The monoisotopic (exact) mass is 353 g/mol. The number of benzene rings is 1. The minimum Gasteiger partial charge on any atom is -0.356 e. The van der Waals surface area contributed by atoms with Crippen molar-refractivity contribution in [2.24, 2.45) is 0 Å². The van der Waals surface area contributed by atoms with Crippen LogP contribution in [0.25, 0.3) is 16.9 Å². The molecule has 0 aliphatic carbocycles. The average molecular weight is 354 g/mol. The van der Waals surface area contributed by atoms with Crippen molar-refractivity contribution in [3.05, 3.63) is 41.1 Å². The highest BCUT2D eigenvalue weighted by molar-refractivity contribution is 6.33. The molecule has 124 valence electrons. The van der Waals surface area contributed by atoms with E-state index in [1.165, 1.54) is 10.8 Å². The summed E-state index contributed by atoms with van der Waals surface area (Å²) in [6.07, 6.45) is 3.16. The zero-order valence-corrected chi connectivity index (χ0v) is 13.1. The van der Waals surface area contributed by atoms with E-state index in [-0.39, 0.29) is 16.5 Å². The van der Waals surface area contributed by atoms with Gasteiger partial charge in [0, 0.05) is 25.2 Å². The quantitative estimate of drug-likeness (QED) is 0.662. The van der Waals surface area contributed by atoms with Crippen LogP contribution in [0.3, 0.4) is 0 Å². The van der Waals surface area contributed by atoms with Crippen LogP contribution in [0.4, 0.5) is 19.0 Å². The average Bonchev–Trinajstić information content (AvgIpc) is 3.17. The van der Waals surface area contributed by atoms with Crippen molar-refractivity contribution in [1.82, 2.24) is 19.6 Å². The largest absolute Gasteiger partial charge is 0.356 e. The predicted molar refractivity (Wildman–Crippen MR) is 82.5 cm³/mol. The van der Waals surface area contributed by atoms with Gasteiger partial charge in [0.15, 0.2) is 0 Å². The van der Waals surface area contributed by atoms with E-state index >= 15 is 0 Å². The number of aromatic nitrogens is 4. The maximum Gasteiger partial charge on any atom is 0.255 e. The molecule has 0 spiro atoms. The van der Waals surface area contributed by atoms with E-state index in [0.29, 0.717) is 31.0 Å². The first-order valence-corrected chi connectivity index (χ1v) is 7.73. The van der Waals surface area contributed by atoms with Crippen LogP contribution in [0.2, 0.25) is 5.15 Å². The molecule has 1 aliphatic rings. The van der Waals surface area contributed by atoms with Gasteiger partial charge in [-0.3, -0.25) is 0 Å². The number of fused-ring (bicyclic) bond motifs is 1. The molecule has 1 aromatic carbocycles. The second-order valence-electron chi connectivity index (χ2n) is 5.51. The normalized spacial score (nSPS) is 14.8. The second kappa shape index (κ2) is 5.62. The van der Waals surface area contributed by atoms with E-state index in [1.54, 1.807) is 0 Å². The fourth-order valence-electron chi connectivity index (χ4n) is 3.02. The molecule has 9 heteroatoms. The third kappa shape index (κ3) is 2.29. The number of hydrogen-bond donors (Lipinski definition) is 0. The number of anilines is 1. The zero-order valence-electron chi connectivity index (χ0n) is 12.3. The van der Waals surface area contributed by atoms with E-state index in [2.05, 4.69) is 15.1 Å². The highest BCUT2D eigenvalue weighted by Crippen LogP contribution is 2.40. The lowest BCUT2D eigenvalue weighted by molar-refractivity contribution is 0.547. The van der Waals surface area contributed by atoms with E-state index in [4.69, 9.17) is 11.6 Å². The molecule has 0 amide bonds. The summed E-state index contributed by atoms with van der Waals surface area (Å²) in [4.78, 5) is 9.96. The molecule has 0 unspecified atom stereocenters. The molecule has 5 nitrogen and oxygen atoms in total. The lowest BCUT2D eigenvalue weighted by atomic mass is 10.1. The summed E-state index contributed by atoms with van der Waals surface area (Å²) in [5.74, 6) is -2.45. The van der Waals surface area contributed by atoms with Gasteiger partial charge in [0.25, 0.3) is 5.78 Å². The molecule has 24 heavy (non-hydrogen) atoms. The van der Waals surface area contributed by atoms with Gasteiger partial charge >= 0.3 is 0 Å². The maximum atomic E-state index is 14.3. The number of rotatable bonds is 2. The van der Waals surface area contributed by atoms with Gasteiger partial charge in [-0.2, -0.15) is 19.6 Å². The maximum absolute atomic E-state index is 14.3. The standard InChI is InChI=1S/C15H11ClF3N5/c16-13-12(11-9(18)5-8(17)6-10(11)19)14(23-3-1-2-4-23)24-15(22-13)20-7-21-24/h5-7H,1-4H2. The molecule has 2 aromatic heterocycles. The Labute approximate surface area is 139 Å². The van der Waals surface area contributed by atoms with Crippen LogP contribution < -0.4 is 4.90 Å². The molecule has 0 bridgehead atoms. The van der Waals surface area contributed by atoms with Gasteiger partial charge in [0.2, 0.25) is 0 Å². The van der Waals surface area contributed by atoms with Gasteiger partial charge in [-0.05, 0) is 12.8 Å². The summed E-state index contributed by atoms with van der Waals surface area (Å²) in [6.45, 7) is 1.37. The van der Waals surface area contributed by atoms with Gasteiger partial charge in [0.05, 0.1) is 11.1 Å². The van der Waals surface area contributed by atoms with Crippen molar-refractivity contribution in [1.29, 1.82) is 0 Å². The van der Waals surface area contributed by atoms with Gasteiger partial charge in [-0.25, -0.2) is 13.2 Å². The van der Waals surface area contributed by atoms with Crippen molar-refractivity contribution in [3.63, 3.8) is 0 Å². The minimum atomic E-state index is -1.05. The molecule has 0 saturated carbocycles. The van der Waals surface area contributed by atoms with E-state index in [9.17, 15) is 13.2 Å². The molecule has 1 fully saturated rings. The Kier molecular flexibility index (Phi) is 3.56. The molecule has 3 aromatic rings. The lowest BCUT2D eigenvalue weighted by Gasteiger charge is -2.22. The molecule has 4 rings (SSSR count). The lowest BCUT2D eigenvalue weighted by Crippen LogP contribution is -2.23. The second-order valence-corrected chi connectivity index (χ2v) is 5.87. The Bertz CT molecular complexity index is 913. The Hall–Kier alpha value is -2.35. The first-order valence-electron chi connectivity index (χ1n) is 7.35. The van der Waals surface area contributed by atoms with Crippen molar-refractivity contribution in [2.45, 2.75) is 12.8 Å². The van der Waals surface area contributed by atoms with Crippen molar-refractivity contribution in [2.75, 3.05) is 18.0 Å². The SMILES string of the molecule is Fc1cc(F)c(-c2c(Cl)nc3ncnn3c2N2CCCC2)c(F)c1. The minimum absolute atomic E-state index is 0.0477. The third-order valence-electron chi connectivity index (χ3n) is 4.02. The summed E-state index contributed by atoms with van der Waals surface area (Å²) in [5.41, 5.74) is -0.375. The van der Waals surface area contributed by atoms with Crippen molar-refractivity contribution in [3.8, 4) is 11.1 Å². The summed E-state index contributed by atoms with van der Waals surface area (Å²) in [6, 6.07) is 1.24. The Morgan fingerprint density at radius 2 is 1.67 bits per heavy atom. The van der Waals surface area contributed by atoms with Crippen LogP contribution in [0.5, 0.6) is 0 Å². The van der Waals surface area contributed by atoms with Crippen LogP contribution in [-0.4, -0.2) is 32.7 Å². The summed E-state index contributed by atoms with van der Waals surface area (Å²) < 4.78 is 43.3. The van der Waals surface area contributed by atoms with Crippen LogP contribution in [-0.2, 0) is 0 Å². The first kappa shape index (κ1) is 15.2. The molecule has 1 aliphatic heterocycles. The fourth-order valence-corrected chi connectivity index (χ4v) is 3.27. The molecule has 1 saturated heterocycles. The fraction of sp³-hybridized carbons (Fsp3) is 0.267. The Morgan fingerprint density at radius 3 is 2.33 bits per heavy atom. The van der Waals surface area contributed by atoms with Crippen LogP contribution >= 0.6 is 11.6 Å². The first-order chi connectivity index (χ1) is 11.6. The van der Waals surface area contributed by atoms with E-state index in [0.717, 1.165) is 12.8 Å². The summed E-state index contributed by atoms with van der Waals surface area (Å²) >= 11 is 6.22. The van der Waals surface area contributed by atoms with Crippen LogP contribution in [0, 0.1) is 17.5 Å². The molecule has 3 heterocycles. The molecule has 0 N–H and O–H groups in total. The Balaban J connectivity index is 2.08. The zero-order chi connectivity index (χ0) is 16.8. The Morgan fingerprint density at radius 1 is 1.00 bits per heavy atom. The van der Waals surface area contributed by atoms with Gasteiger partial charge < -0.3 is 4.90 Å². The summed E-state index contributed by atoms with van der Waals surface area (Å²) in [5, 5.41) is 3.98. The van der Waals surface area contributed by atoms with Gasteiger partial charge in [0.1, 0.15) is 34.7 Å². The van der Waals surface area contributed by atoms with Gasteiger partial charge in [-0.1, -0.05) is 11.6 Å². The smallest absolute Gasteiger partial charge is 0.255 e. The highest BCUT2D eigenvalue weighted by atomic mass is 35.5.